The SMILES string of the molecule is CC(C)ON=C1CCN(S(C)(=O)=O)c2ncc(-c3cnc(-c4cccnc4)s3)nc21. The molecular formula is C19H20N6O3S2. The van der Waals surface area contributed by atoms with Crippen LogP contribution < -0.4 is 4.31 Å². The molecule has 11 heteroatoms. The van der Waals surface area contributed by atoms with Crippen molar-refractivity contribution in [1.29, 1.82) is 0 Å². The second-order valence-corrected chi connectivity index (χ2v) is 9.91. The van der Waals surface area contributed by atoms with Gasteiger partial charge in [0.1, 0.15) is 28.2 Å². The predicted octanol–water partition coefficient (Wildman–Crippen LogP) is 2.96. The third-order valence-corrected chi connectivity index (χ3v) is 6.48. The summed E-state index contributed by atoms with van der Waals surface area (Å²) in [5, 5.41) is 5.01. The van der Waals surface area contributed by atoms with Crippen LogP contribution in [-0.4, -0.2) is 53.0 Å². The number of anilines is 1. The minimum Gasteiger partial charge on any atom is -0.393 e. The predicted molar refractivity (Wildman–Crippen MR) is 116 cm³/mol. The van der Waals surface area contributed by atoms with Crippen LogP contribution in [0.15, 0.2) is 42.1 Å². The lowest BCUT2D eigenvalue weighted by Crippen LogP contribution is -2.38. The van der Waals surface area contributed by atoms with Crippen molar-refractivity contribution >= 4 is 32.9 Å². The summed E-state index contributed by atoms with van der Waals surface area (Å²) in [6, 6.07) is 3.79. The van der Waals surface area contributed by atoms with Gasteiger partial charge in [-0.3, -0.25) is 9.29 Å². The molecule has 0 aliphatic carbocycles. The molecule has 0 amide bonds. The van der Waals surface area contributed by atoms with Crippen LogP contribution in [0.3, 0.4) is 0 Å². The van der Waals surface area contributed by atoms with Gasteiger partial charge in [-0.25, -0.2) is 23.4 Å². The van der Waals surface area contributed by atoms with Crippen LogP contribution in [0.1, 0.15) is 26.0 Å². The maximum atomic E-state index is 12.2. The summed E-state index contributed by atoms with van der Waals surface area (Å²) in [5.41, 5.74) is 2.48. The second kappa shape index (κ2) is 8.07. The van der Waals surface area contributed by atoms with E-state index in [1.165, 1.54) is 15.6 Å². The van der Waals surface area contributed by atoms with Crippen LogP contribution >= 0.6 is 11.3 Å². The molecule has 30 heavy (non-hydrogen) atoms. The standard InChI is InChI=1S/C19H20N6O3S2/c1-12(2)28-24-14-6-8-25(30(3,26)27)18-17(14)23-15(10-21-18)16-11-22-19(29-16)13-5-4-7-20-9-13/h4-5,7,9-12H,6,8H2,1-3H3. The average Bonchev–Trinajstić information content (AvgIpc) is 3.21. The molecule has 3 aromatic rings. The molecule has 0 saturated heterocycles. The van der Waals surface area contributed by atoms with Gasteiger partial charge in [0, 0.05) is 37.1 Å². The highest BCUT2D eigenvalue weighted by Gasteiger charge is 2.31. The van der Waals surface area contributed by atoms with E-state index >= 15 is 0 Å². The summed E-state index contributed by atoms with van der Waals surface area (Å²) in [4.78, 5) is 23.9. The number of fused-ring (bicyclic) bond motifs is 1. The Hall–Kier alpha value is -2.92. The molecule has 4 rings (SSSR count). The molecule has 0 bridgehead atoms. The Labute approximate surface area is 178 Å². The first-order valence-electron chi connectivity index (χ1n) is 9.27. The van der Waals surface area contributed by atoms with Crippen molar-refractivity contribution in [2.75, 3.05) is 17.1 Å². The zero-order valence-corrected chi connectivity index (χ0v) is 18.3. The lowest BCUT2D eigenvalue weighted by Gasteiger charge is -2.28. The lowest BCUT2D eigenvalue weighted by atomic mass is 10.1. The van der Waals surface area contributed by atoms with Crippen LogP contribution in [-0.2, 0) is 14.9 Å². The van der Waals surface area contributed by atoms with E-state index in [0.717, 1.165) is 21.7 Å². The number of oxime groups is 1. The van der Waals surface area contributed by atoms with E-state index in [9.17, 15) is 8.42 Å². The Morgan fingerprint density at radius 3 is 2.77 bits per heavy atom. The maximum absolute atomic E-state index is 12.2. The summed E-state index contributed by atoms with van der Waals surface area (Å²) >= 11 is 1.46. The monoisotopic (exact) mass is 444 g/mol. The minimum absolute atomic E-state index is 0.103. The van der Waals surface area contributed by atoms with Gasteiger partial charge in [0.2, 0.25) is 10.0 Å². The van der Waals surface area contributed by atoms with Crippen molar-refractivity contribution in [2.45, 2.75) is 26.4 Å². The summed E-state index contributed by atoms with van der Waals surface area (Å²) in [6.45, 7) is 3.98. The Kier molecular flexibility index (Phi) is 5.48. The van der Waals surface area contributed by atoms with Gasteiger partial charge >= 0.3 is 0 Å². The number of aromatic nitrogens is 4. The number of nitrogens with zero attached hydrogens (tertiary/aromatic N) is 6. The molecular weight excluding hydrogens is 424 g/mol. The molecule has 0 unspecified atom stereocenters. The van der Waals surface area contributed by atoms with E-state index < -0.39 is 10.0 Å². The Morgan fingerprint density at radius 1 is 1.23 bits per heavy atom. The van der Waals surface area contributed by atoms with Crippen molar-refractivity contribution in [2.24, 2.45) is 5.16 Å². The number of thiazole rings is 1. The van der Waals surface area contributed by atoms with Gasteiger partial charge in [-0.2, -0.15) is 0 Å². The molecule has 0 aromatic carbocycles. The number of hydrogen-bond acceptors (Lipinski definition) is 9. The van der Waals surface area contributed by atoms with Gasteiger partial charge in [-0.1, -0.05) is 5.16 Å². The fourth-order valence-corrected chi connectivity index (χ4v) is 4.64. The molecule has 156 valence electrons. The highest BCUT2D eigenvalue weighted by atomic mass is 32.2. The molecule has 1 aliphatic rings. The molecule has 0 N–H and O–H groups in total. The molecule has 0 fully saturated rings. The van der Waals surface area contributed by atoms with Crippen molar-refractivity contribution in [3.63, 3.8) is 0 Å². The van der Waals surface area contributed by atoms with Gasteiger partial charge in [0.05, 0.1) is 17.3 Å². The number of rotatable bonds is 5. The molecule has 9 nitrogen and oxygen atoms in total. The summed E-state index contributed by atoms with van der Waals surface area (Å²) in [7, 11) is -3.49. The van der Waals surface area contributed by atoms with E-state index in [1.54, 1.807) is 24.8 Å². The Morgan fingerprint density at radius 2 is 2.07 bits per heavy atom. The van der Waals surface area contributed by atoms with Crippen molar-refractivity contribution < 1.29 is 13.3 Å². The van der Waals surface area contributed by atoms with Crippen molar-refractivity contribution in [1.82, 2.24) is 19.9 Å². The van der Waals surface area contributed by atoms with E-state index in [-0.39, 0.29) is 18.5 Å². The van der Waals surface area contributed by atoms with Gasteiger partial charge < -0.3 is 4.84 Å². The minimum atomic E-state index is -3.49. The quantitative estimate of drug-likeness (QED) is 0.556. The van der Waals surface area contributed by atoms with Gasteiger partial charge in [-0.15, -0.1) is 11.3 Å². The van der Waals surface area contributed by atoms with Gasteiger partial charge in [0.25, 0.3) is 0 Å². The third kappa shape index (κ3) is 4.17. The van der Waals surface area contributed by atoms with E-state index in [2.05, 4.69) is 25.1 Å². The summed E-state index contributed by atoms with van der Waals surface area (Å²) in [6.07, 6.45) is 8.18. The molecule has 1 aliphatic heterocycles. The van der Waals surface area contributed by atoms with Crippen LogP contribution in [0.4, 0.5) is 5.82 Å². The largest absolute Gasteiger partial charge is 0.393 e. The smallest absolute Gasteiger partial charge is 0.233 e. The molecule has 0 saturated carbocycles. The summed E-state index contributed by atoms with van der Waals surface area (Å²) < 4.78 is 25.7. The first-order valence-corrected chi connectivity index (χ1v) is 11.9. The lowest BCUT2D eigenvalue weighted by molar-refractivity contribution is 0.0855. The molecule has 0 atom stereocenters. The van der Waals surface area contributed by atoms with E-state index in [1.807, 2.05) is 26.0 Å². The highest BCUT2D eigenvalue weighted by Crippen LogP contribution is 2.33. The van der Waals surface area contributed by atoms with E-state index in [4.69, 9.17) is 4.84 Å². The maximum Gasteiger partial charge on any atom is 0.233 e. The first-order chi connectivity index (χ1) is 14.3. The van der Waals surface area contributed by atoms with Crippen molar-refractivity contribution in [3.8, 4) is 21.1 Å². The van der Waals surface area contributed by atoms with Crippen LogP contribution in [0, 0.1) is 0 Å². The van der Waals surface area contributed by atoms with Crippen molar-refractivity contribution in [3.05, 3.63) is 42.6 Å². The highest BCUT2D eigenvalue weighted by molar-refractivity contribution is 7.92. The normalized spacial score (nSPS) is 15.5. The number of sulfonamides is 1. The van der Waals surface area contributed by atoms with Crippen LogP contribution in [0.5, 0.6) is 0 Å². The number of hydrogen-bond donors (Lipinski definition) is 0. The second-order valence-electron chi connectivity index (χ2n) is 6.98. The third-order valence-electron chi connectivity index (χ3n) is 4.26. The zero-order chi connectivity index (χ0) is 21.3. The summed E-state index contributed by atoms with van der Waals surface area (Å²) in [5.74, 6) is 0.260. The Balaban J connectivity index is 1.77. The molecule has 0 spiro atoms. The van der Waals surface area contributed by atoms with Gasteiger partial charge in [-0.05, 0) is 26.0 Å². The molecule has 4 heterocycles. The molecule has 3 aromatic heterocycles. The Bertz CT molecular complexity index is 1190. The molecule has 0 radical (unpaired) electrons. The number of pyridine rings is 1. The van der Waals surface area contributed by atoms with Gasteiger partial charge in [0.15, 0.2) is 5.82 Å². The van der Waals surface area contributed by atoms with E-state index in [0.29, 0.717) is 23.5 Å². The topological polar surface area (TPSA) is 111 Å². The van der Waals surface area contributed by atoms with Crippen LogP contribution in [0.2, 0.25) is 0 Å². The average molecular weight is 445 g/mol. The van der Waals surface area contributed by atoms with Crippen LogP contribution in [0.25, 0.3) is 21.1 Å². The fourth-order valence-electron chi connectivity index (χ4n) is 2.91. The first kappa shape index (κ1) is 20.4. The zero-order valence-electron chi connectivity index (χ0n) is 16.7. The fraction of sp³-hybridized carbons (Fsp3) is 0.316.